The minimum absolute atomic E-state index is 0.0654. The van der Waals surface area contributed by atoms with Crippen molar-refractivity contribution in [3.8, 4) is 51.4 Å². The minimum atomic E-state index is -0.718. The van der Waals surface area contributed by atoms with Crippen LogP contribution in [-0.2, 0) is 23.9 Å². The average Bonchev–Trinajstić information content (AvgIpc) is 3.18. The zero-order valence-electron chi connectivity index (χ0n) is 29.1. The molecule has 0 radical (unpaired) electrons. The van der Waals surface area contributed by atoms with Gasteiger partial charge in [0.2, 0.25) is 0 Å². The molecule has 2 N–H and O–H groups in total. The fourth-order valence-corrected chi connectivity index (χ4v) is 6.13. The van der Waals surface area contributed by atoms with Gasteiger partial charge in [0, 0.05) is 5.57 Å². The van der Waals surface area contributed by atoms with Crippen molar-refractivity contribution in [2.45, 2.75) is 19.8 Å². The Kier molecular flexibility index (Phi) is 9.94. The first kappa shape index (κ1) is 35.3. The SMILES string of the molecule is C=C(C)C(=O)OCCOC(=O)CCC(=O)Oc1ccc2ccccc2c1-c1nc(-c2c(O)ccc3ccccc23)nc(-c2c(O)ccc3ccccc23)n1. The maximum absolute atomic E-state index is 13.3. The lowest BCUT2D eigenvalue weighted by Gasteiger charge is -2.16. The van der Waals surface area contributed by atoms with Crippen LogP contribution in [0.2, 0.25) is 0 Å². The summed E-state index contributed by atoms with van der Waals surface area (Å²) in [6.45, 7) is 4.68. The van der Waals surface area contributed by atoms with E-state index in [1.54, 1.807) is 36.4 Å². The van der Waals surface area contributed by atoms with Gasteiger partial charge in [-0.2, -0.15) is 0 Å². The van der Waals surface area contributed by atoms with Gasteiger partial charge in [-0.3, -0.25) is 9.59 Å². The third-order valence-corrected chi connectivity index (χ3v) is 8.70. The summed E-state index contributed by atoms with van der Waals surface area (Å²) in [5, 5.41) is 27.1. The molecule has 1 aromatic heterocycles. The highest BCUT2D eigenvalue weighted by Crippen LogP contribution is 2.42. The van der Waals surface area contributed by atoms with Crippen molar-refractivity contribution in [2.75, 3.05) is 13.2 Å². The second-order valence-corrected chi connectivity index (χ2v) is 12.4. The van der Waals surface area contributed by atoms with E-state index in [2.05, 4.69) is 6.58 Å². The molecule has 268 valence electrons. The van der Waals surface area contributed by atoms with E-state index in [-0.39, 0.29) is 66.4 Å². The maximum atomic E-state index is 13.3. The van der Waals surface area contributed by atoms with Crippen molar-refractivity contribution in [3.63, 3.8) is 0 Å². The summed E-state index contributed by atoms with van der Waals surface area (Å²) in [5.41, 5.74) is 1.28. The minimum Gasteiger partial charge on any atom is -0.507 e. The zero-order chi connectivity index (χ0) is 37.8. The molecular weight excluding hydrogens is 686 g/mol. The quantitative estimate of drug-likeness (QED) is 0.0576. The Morgan fingerprint density at radius 1 is 0.556 bits per heavy atom. The summed E-state index contributed by atoms with van der Waals surface area (Å²) in [6, 6.07) is 32.6. The van der Waals surface area contributed by atoms with Crippen molar-refractivity contribution in [1.82, 2.24) is 15.0 Å². The van der Waals surface area contributed by atoms with Gasteiger partial charge in [0.15, 0.2) is 17.5 Å². The Morgan fingerprint density at radius 3 is 1.50 bits per heavy atom. The van der Waals surface area contributed by atoms with E-state index in [0.29, 0.717) is 32.8 Å². The molecule has 0 saturated carbocycles. The van der Waals surface area contributed by atoms with Crippen molar-refractivity contribution in [1.29, 1.82) is 0 Å². The Morgan fingerprint density at radius 2 is 0.981 bits per heavy atom. The first-order valence-electron chi connectivity index (χ1n) is 17.1. The van der Waals surface area contributed by atoms with Crippen molar-refractivity contribution < 1.29 is 38.8 Å². The third-order valence-electron chi connectivity index (χ3n) is 8.70. The number of nitrogens with zero attached hydrogens (tertiary/aromatic N) is 3. The van der Waals surface area contributed by atoms with Gasteiger partial charge >= 0.3 is 17.9 Å². The van der Waals surface area contributed by atoms with Gasteiger partial charge < -0.3 is 24.4 Å². The molecule has 0 unspecified atom stereocenters. The maximum Gasteiger partial charge on any atom is 0.333 e. The molecule has 11 nitrogen and oxygen atoms in total. The molecule has 0 aliphatic heterocycles. The molecule has 0 aliphatic carbocycles. The highest BCUT2D eigenvalue weighted by Gasteiger charge is 2.24. The largest absolute Gasteiger partial charge is 0.507 e. The predicted octanol–water partition coefficient (Wildman–Crippen LogP) is 8.09. The smallest absolute Gasteiger partial charge is 0.333 e. The van der Waals surface area contributed by atoms with E-state index < -0.39 is 17.9 Å². The van der Waals surface area contributed by atoms with Crippen molar-refractivity contribution in [3.05, 3.63) is 121 Å². The molecule has 0 aliphatic rings. The van der Waals surface area contributed by atoms with Crippen molar-refractivity contribution >= 4 is 50.2 Å². The Labute approximate surface area is 309 Å². The fraction of sp³-hybridized carbons (Fsp3) is 0.116. The number of esters is 3. The van der Waals surface area contributed by atoms with Crippen LogP contribution in [0.5, 0.6) is 17.2 Å². The van der Waals surface area contributed by atoms with Gasteiger partial charge in [-0.1, -0.05) is 97.6 Å². The summed E-state index contributed by atoms with van der Waals surface area (Å²) in [5.74, 6) is -1.64. The second-order valence-electron chi connectivity index (χ2n) is 12.4. The molecule has 1 heterocycles. The summed E-state index contributed by atoms with van der Waals surface area (Å²) < 4.78 is 15.9. The zero-order valence-corrected chi connectivity index (χ0v) is 29.1. The summed E-state index contributed by atoms with van der Waals surface area (Å²) in [4.78, 5) is 51.8. The number of carbonyl (C=O) groups excluding carboxylic acids is 3. The monoisotopic (exact) mass is 719 g/mol. The summed E-state index contributed by atoms with van der Waals surface area (Å²) >= 11 is 0. The van der Waals surface area contributed by atoms with Gasteiger partial charge in [0.1, 0.15) is 30.5 Å². The number of phenolic OH excluding ortho intramolecular Hbond substituents is 2. The van der Waals surface area contributed by atoms with Crippen LogP contribution in [0.3, 0.4) is 0 Å². The van der Waals surface area contributed by atoms with Crippen LogP contribution in [0.15, 0.2) is 121 Å². The van der Waals surface area contributed by atoms with E-state index in [1.807, 2.05) is 72.8 Å². The molecule has 7 aromatic rings. The number of ether oxygens (including phenoxy) is 3. The van der Waals surface area contributed by atoms with Gasteiger partial charge in [-0.15, -0.1) is 0 Å². The summed E-state index contributed by atoms with van der Waals surface area (Å²) in [6.07, 6.45) is -0.588. The first-order chi connectivity index (χ1) is 26.2. The van der Waals surface area contributed by atoms with Gasteiger partial charge in [-0.05, 0) is 57.4 Å². The normalized spacial score (nSPS) is 11.1. The average molecular weight is 720 g/mol. The molecule has 0 atom stereocenters. The highest BCUT2D eigenvalue weighted by atomic mass is 16.6. The lowest BCUT2D eigenvalue weighted by molar-refractivity contribution is -0.151. The molecule has 0 fully saturated rings. The number of hydrogen-bond donors (Lipinski definition) is 2. The first-order valence-corrected chi connectivity index (χ1v) is 17.1. The van der Waals surface area contributed by atoms with Gasteiger partial charge in [0.05, 0.1) is 29.5 Å². The molecule has 11 heteroatoms. The van der Waals surface area contributed by atoms with E-state index in [9.17, 15) is 24.6 Å². The molecule has 0 saturated heterocycles. The molecule has 7 rings (SSSR count). The van der Waals surface area contributed by atoms with Crippen LogP contribution in [0.1, 0.15) is 19.8 Å². The Bertz CT molecular complexity index is 2520. The van der Waals surface area contributed by atoms with Crippen LogP contribution < -0.4 is 4.74 Å². The number of rotatable bonds is 11. The van der Waals surface area contributed by atoms with Crippen LogP contribution >= 0.6 is 0 Å². The number of benzene rings is 6. The predicted molar refractivity (Wildman–Crippen MR) is 204 cm³/mol. The highest BCUT2D eigenvalue weighted by molar-refractivity contribution is 6.03. The van der Waals surface area contributed by atoms with E-state index in [4.69, 9.17) is 29.2 Å². The number of aromatic nitrogens is 3. The Hall–Kier alpha value is -7.14. The topological polar surface area (TPSA) is 158 Å². The number of hydrogen-bond acceptors (Lipinski definition) is 11. The lowest BCUT2D eigenvalue weighted by Crippen LogP contribution is -2.16. The number of phenols is 2. The van der Waals surface area contributed by atoms with Gasteiger partial charge in [0.25, 0.3) is 0 Å². The Balaban J connectivity index is 1.32. The molecule has 6 aromatic carbocycles. The van der Waals surface area contributed by atoms with E-state index >= 15 is 0 Å². The number of fused-ring (bicyclic) bond motifs is 3. The standard InChI is InChI=1S/C43H33N3O8/c1-25(2)43(51)53-24-23-52-35(49)21-22-36(50)54-34-20-17-28-11-5-8-14-31(28)39(34)42-45-40(37-29-12-6-3-9-26(29)15-18-32(37)47)44-41(46-42)38-30-13-7-4-10-27(30)16-19-33(38)48/h3-20,47-48H,1,21-24H2,2H3. The van der Waals surface area contributed by atoms with E-state index in [1.165, 1.54) is 6.92 Å². The number of carbonyl (C=O) groups is 3. The molecular formula is C43H33N3O8. The second kappa shape index (κ2) is 15.2. The lowest BCUT2D eigenvalue weighted by atomic mass is 10.00. The molecule has 0 bridgehead atoms. The van der Waals surface area contributed by atoms with Crippen LogP contribution in [0, 0.1) is 0 Å². The molecule has 0 spiro atoms. The van der Waals surface area contributed by atoms with Gasteiger partial charge in [-0.25, -0.2) is 19.7 Å². The third kappa shape index (κ3) is 7.28. The molecule has 0 amide bonds. The summed E-state index contributed by atoms with van der Waals surface area (Å²) in [7, 11) is 0. The van der Waals surface area contributed by atoms with Crippen LogP contribution in [0.4, 0.5) is 0 Å². The molecule has 54 heavy (non-hydrogen) atoms. The number of aromatic hydroxyl groups is 2. The van der Waals surface area contributed by atoms with Crippen LogP contribution in [0.25, 0.3) is 66.5 Å². The van der Waals surface area contributed by atoms with Crippen LogP contribution in [-0.4, -0.2) is 56.3 Å². The fourth-order valence-electron chi connectivity index (χ4n) is 6.13. The van der Waals surface area contributed by atoms with E-state index in [0.717, 1.165) is 16.2 Å². The van der Waals surface area contributed by atoms with Crippen molar-refractivity contribution in [2.24, 2.45) is 0 Å².